The van der Waals surface area contributed by atoms with Gasteiger partial charge in [0.05, 0.1) is 20.3 Å². The Labute approximate surface area is 162 Å². The van der Waals surface area contributed by atoms with E-state index in [0.717, 1.165) is 57.5 Å². The van der Waals surface area contributed by atoms with E-state index in [1.165, 1.54) is 12.0 Å². The fourth-order valence-corrected chi connectivity index (χ4v) is 4.62. The van der Waals surface area contributed by atoms with Gasteiger partial charge in [0.25, 0.3) is 0 Å². The van der Waals surface area contributed by atoms with Crippen LogP contribution in [0.4, 0.5) is 0 Å². The number of guanidine groups is 1. The third kappa shape index (κ3) is 3.65. The van der Waals surface area contributed by atoms with Crippen molar-refractivity contribution in [2.45, 2.75) is 37.3 Å². The number of para-hydroxylation sites is 1. The topological polar surface area (TPSA) is 49.3 Å². The molecular formula is C21H32N4O2. The highest BCUT2D eigenvalue weighted by atomic mass is 16.5. The molecule has 0 radical (unpaired) electrons. The predicted octanol–water partition coefficient (Wildman–Crippen LogP) is 1.71. The van der Waals surface area contributed by atoms with Gasteiger partial charge in [0.1, 0.15) is 5.75 Å². The Morgan fingerprint density at radius 1 is 1.26 bits per heavy atom. The molecule has 2 aliphatic heterocycles. The smallest absolute Gasteiger partial charge is 0.193 e. The molecular weight excluding hydrogens is 340 g/mol. The minimum atomic E-state index is 0.103. The van der Waals surface area contributed by atoms with Gasteiger partial charge >= 0.3 is 0 Å². The van der Waals surface area contributed by atoms with Crippen molar-refractivity contribution < 1.29 is 9.47 Å². The molecule has 148 valence electrons. The lowest BCUT2D eigenvalue weighted by molar-refractivity contribution is 0.0195. The minimum absolute atomic E-state index is 0.103. The zero-order chi connectivity index (χ0) is 18.9. The van der Waals surface area contributed by atoms with Crippen LogP contribution >= 0.6 is 0 Å². The van der Waals surface area contributed by atoms with Gasteiger partial charge in [-0.25, -0.2) is 0 Å². The Hall–Kier alpha value is -1.79. The van der Waals surface area contributed by atoms with E-state index in [9.17, 15) is 0 Å². The lowest BCUT2D eigenvalue weighted by Gasteiger charge is -2.32. The Morgan fingerprint density at radius 3 is 2.78 bits per heavy atom. The van der Waals surface area contributed by atoms with Gasteiger partial charge < -0.3 is 19.7 Å². The van der Waals surface area contributed by atoms with E-state index < -0.39 is 0 Å². The number of likely N-dealkylation sites (tertiary alicyclic amines) is 1. The van der Waals surface area contributed by atoms with Gasteiger partial charge in [0, 0.05) is 56.3 Å². The van der Waals surface area contributed by atoms with Gasteiger partial charge in [-0.3, -0.25) is 9.89 Å². The van der Waals surface area contributed by atoms with Crippen molar-refractivity contribution in [1.82, 2.24) is 15.1 Å². The van der Waals surface area contributed by atoms with Crippen LogP contribution in [-0.2, 0) is 10.2 Å². The quantitative estimate of drug-likeness (QED) is 0.644. The first kappa shape index (κ1) is 18.6. The maximum Gasteiger partial charge on any atom is 0.193 e. The first-order valence-electron chi connectivity index (χ1n) is 10.1. The molecule has 2 heterocycles. The summed E-state index contributed by atoms with van der Waals surface area (Å²) in [6.07, 6.45) is 2.31. The number of hydrogen-bond acceptors (Lipinski definition) is 4. The number of aliphatic imine (C=N–C) groups is 1. The van der Waals surface area contributed by atoms with Crippen molar-refractivity contribution in [1.29, 1.82) is 0 Å². The van der Waals surface area contributed by atoms with Crippen molar-refractivity contribution in [2.75, 3.05) is 53.6 Å². The molecule has 0 amide bonds. The Morgan fingerprint density at radius 2 is 2.04 bits per heavy atom. The second-order valence-electron chi connectivity index (χ2n) is 8.10. The summed E-state index contributed by atoms with van der Waals surface area (Å²) in [7, 11) is 3.65. The number of nitrogens with one attached hydrogen (secondary N) is 1. The number of morpholine rings is 1. The Balaban J connectivity index is 1.38. The van der Waals surface area contributed by atoms with E-state index in [2.05, 4.69) is 45.2 Å². The van der Waals surface area contributed by atoms with Crippen LogP contribution in [0.3, 0.4) is 0 Å². The van der Waals surface area contributed by atoms with E-state index in [1.807, 2.05) is 13.1 Å². The fraction of sp³-hybridized carbons (Fsp3) is 0.667. The van der Waals surface area contributed by atoms with Crippen LogP contribution in [0.1, 0.15) is 25.3 Å². The molecule has 4 rings (SSSR count). The van der Waals surface area contributed by atoms with Crippen molar-refractivity contribution in [3.05, 3.63) is 29.8 Å². The van der Waals surface area contributed by atoms with Crippen molar-refractivity contribution >= 4 is 5.96 Å². The zero-order valence-electron chi connectivity index (χ0n) is 16.8. The second-order valence-corrected chi connectivity index (χ2v) is 8.10. The number of methoxy groups -OCH3 is 1. The molecule has 0 spiro atoms. The first-order valence-corrected chi connectivity index (χ1v) is 10.1. The van der Waals surface area contributed by atoms with E-state index in [-0.39, 0.29) is 5.41 Å². The number of benzene rings is 1. The number of rotatable bonds is 4. The summed E-state index contributed by atoms with van der Waals surface area (Å²) in [6, 6.07) is 9.39. The van der Waals surface area contributed by atoms with Crippen LogP contribution in [0.2, 0.25) is 0 Å². The maximum atomic E-state index is 5.59. The van der Waals surface area contributed by atoms with Crippen molar-refractivity contribution in [3.8, 4) is 5.75 Å². The fourth-order valence-electron chi connectivity index (χ4n) is 4.62. The zero-order valence-corrected chi connectivity index (χ0v) is 16.8. The molecule has 1 aromatic rings. The lowest BCUT2D eigenvalue weighted by Crippen LogP contribution is -2.47. The largest absolute Gasteiger partial charge is 0.496 e. The Bertz CT molecular complexity index is 689. The summed E-state index contributed by atoms with van der Waals surface area (Å²) in [5, 5.41) is 3.72. The summed E-state index contributed by atoms with van der Waals surface area (Å²) in [4.78, 5) is 9.58. The van der Waals surface area contributed by atoms with Crippen LogP contribution in [0.5, 0.6) is 5.75 Å². The summed E-state index contributed by atoms with van der Waals surface area (Å²) in [5.41, 5.74) is 1.39. The monoisotopic (exact) mass is 372 g/mol. The van der Waals surface area contributed by atoms with Crippen LogP contribution in [0.25, 0.3) is 0 Å². The molecule has 1 aromatic carbocycles. The highest BCUT2D eigenvalue weighted by Crippen LogP contribution is 2.51. The minimum Gasteiger partial charge on any atom is -0.496 e. The molecule has 2 saturated heterocycles. The van der Waals surface area contributed by atoms with Crippen LogP contribution in [-0.4, -0.2) is 81.4 Å². The van der Waals surface area contributed by atoms with E-state index >= 15 is 0 Å². The van der Waals surface area contributed by atoms with Crippen LogP contribution < -0.4 is 10.1 Å². The van der Waals surface area contributed by atoms with E-state index in [1.54, 1.807) is 7.11 Å². The highest BCUT2D eigenvalue weighted by molar-refractivity contribution is 5.81. The predicted molar refractivity (Wildman–Crippen MR) is 108 cm³/mol. The standard InChI is InChI=1S/C21H32N4O2/c1-21(17-6-4-5-7-18(17)26-3)14-19(21)23-20(22-2)25-9-8-16(15-25)24-10-12-27-13-11-24/h4-7,16,19H,8-15H2,1-3H3,(H,22,23). The number of hydrogen-bond donors (Lipinski definition) is 1. The lowest BCUT2D eigenvalue weighted by atomic mass is 9.96. The van der Waals surface area contributed by atoms with E-state index in [4.69, 9.17) is 9.47 Å². The maximum absolute atomic E-state index is 5.59. The molecule has 6 heteroatoms. The molecule has 0 aromatic heterocycles. The summed E-state index contributed by atoms with van der Waals surface area (Å²) in [6.45, 7) is 8.28. The Kier molecular flexibility index (Phi) is 5.28. The van der Waals surface area contributed by atoms with Gasteiger partial charge in [0.2, 0.25) is 0 Å². The average molecular weight is 373 g/mol. The molecule has 6 nitrogen and oxygen atoms in total. The molecule has 3 aliphatic rings. The average Bonchev–Trinajstić information content (AvgIpc) is 3.14. The summed E-state index contributed by atoms with van der Waals surface area (Å²) in [5.74, 6) is 2.02. The number of nitrogens with zero attached hydrogens (tertiary/aromatic N) is 3. The molecule has 1 N–H and O–H groups in total. The van der Waals surface area contributed by atoms with Gasteiger partial charge in [-0.05, 0) is 18.9 Å². The van der Waals surface area contributed by atoms with Crippen LogP contribution in [0, 0.1) is 0 Å². The summed E-state index contributed by atoms with van der Waals surface area (Å²) < 4.78 is 11.1. The van der Waals surface area contributed by atoms with Crippen LogP contribution in [0.15, 0.2) is 29.3 Å². The van der Waals surface area contributed by atoms with Gasteiger partial charge in [-0.2, -0.15) is 0 Å². The molecule has 1 aliphatic carbocycles. The summed E-state index contributed by atoms with van der Waals surface area (Å²) >= 11 is 0. The van der Waals surface area contributed by atoms with E-state index in [0.29, 0.717) is 12.1 Å². The molecule has 1 saturated carbocycles. The first-order chi connectivity index (χ1) is 13.2. The van der Waals surface area contributed by atoms with Gasteiger partial charge in [-0.15, -0.1) is 0 Å². The molecule has 0 bridgehead atoms. The third-order valence-corrected chi connectivity index (χ3v) is 6.50. The highest BCUT2D eigenvalue weighted by Gasteiger charge is 2.53. The van der Waals surface area contributed by atoms with Crippen molar-refractivity contribution in [2.24, 2.45) is 4.99 Å². The van der Waals surface area contributed by atoms with Crippen molar-refractivity contribution in [3.63, 3.8) is 0 Å². The normalized spacial score (nSPS) is 31.8. The molecule has 27 heavy (non-hydrogen) atoms. The molecule has 3 unspecified atom stereocenters. The third-order valence-electron chi connectivity index (χ3n) is 6.50. The van der Waals surface area contributed by atoms with Gasteiger partial charge in [0.15, 0.2) is 5.96 Å². The van der Waals surface area contributed by atoms with Gasteiger partial charge in [-0.1, -0.05) is 25.1 Å². The number of ether oxygens (including phenoxy) is 2. The molecule has 3 fully saturated rings. The second kappa shape index (κ2) is 7.68. The molecule has 3 atom stereocenters. The SMILES string of the molecule is CN=C(NC1CC1(C)c1ccccc1OC)N1CCC(N2CCOCC2)C1.